The van der Waals surface area contributed by atoms with Gasteiger partial charge in [0.1, 0.15) is 5.75 Å². The molecule has 0 heterocycles. The average Bonchev–Trinajstić information content (AvgIpc) is 2.39. The Morgan fingerprint density at radius 3 is 2.23 bits per heavy atom. The maximum absolute atomic E-state index is 12.1. The van der Waals surface area contributed by atoms with Crippen LogP contribution in [0.5, 0.6) is 5.75 Å². The van der Waals surface area contributed by atoms with Crippen molar-refractivity contribution in [1.82, 2.24) is 5.32 Å². The van der Waals surface area contributed by atoms with Crippen LogP contribution < -0.4 is 10.1 Å². The van der Waals surface area contributed by atoms with Gasteiger partial charge in [-0.05, 0) is 38.0 Å². The van der Waals surface area contributed by atoms with Crippen LogP contribution in [0.25, 0.3) is 0 Å². The van der Waals surface area contributed by atoms with Crippen molar-refractivity contribution in [3.63, 3.8) is 0 Å². The minimum Gasteiger partial charge on any atom is -0.479 e. The summed E-state index contributed by atoms with van der Waals surface area (Å²) in [5.74, 6) is -2.74. The average molecular weight is 319 g/mol. The third-order valence-corrected chi connectivity index (χ3v) is 2.76. The molecule has 1 aromatic rings. The van der Waals surface area contributed by atoms with Gasteiger partial charge in [-0.3, -0.25) is 4.79 Å². The Labute approximate surface area is 125 Å². The molecule has 0 radical (unpaired) electrons. The molecule has 0 aliphatic heterocycles. The van der Waals surface area contributed by atoms with Crippen molar-refractivity contribution in [1.29, 1.82) is 0 Å². The number of ether oxygens (including phenoxy) is 1. The second kappa shape index (κ2) is 7.15. The van der Waals surface area contributed by atoms with E-state index in [0.717, 1.165) is 0 Å². The third kappa shape index (κ3) is 5.63. The Morgan fingerprint density at radius 2 is 1.77 bits per heavy atom. The molecule has 2 atom stereocenters. The number of aliphatic carboxylic acids is 1. The maximum Gasteiger partial charge on any atom is 0.471 e. The highest BCUT2D eigenvalue weighted by atomic mass is 19.4. The number of carbonyl (C=O) groups excluding carboxylic acids is 1. The standard InChI is InChI=1S/C14H16F3NO4/c1-8(18-13(21)14(15,16)17)7-10-3-5-11(6-4-10)22-9(2)12(19)20/h3-6,8-9H,7H2,1-2H3,(H,18,21)(H,19,20)/t8?,9-/m0/s1. The van der Waals surface area contributed by atoms with Gasteiger partial charge in [0, 0.05) is 6.04 Å². The Morgan fingerprint density at radius 1 is 1.23 bits per heavy atom. The topological polar surface area (TPSA) is 75.6 Å². The van der Waals surface area contributed by atoms with E-state index in [2.05, 4.69) is 0 Å². The molecule has 2 N–H and O–H groups in total. The number of rotatable bonds is 6. The lowest BCUT2D eigenvalue weighted by atomic mass is 10.1. The predicted molar refractivity (Wildman–Crippen MR) is 71.5 cm³/mol. The summed E-state index contributed by atoms with van der Waals surface area (Å²) < 4.78 is 41.5. The van der Waals surface area contributed by atoms with Gasteiger partial charge in [0.25, 0.3) is 0 Å². The summed E-state index contributed by atoms with van der Waals surface area (Å²) in [7, 11) is 0. The SMILES string of the molecule is CC(Cc1ccc(O[C@@H](C)C(=O)O)cc1)NC(=O)C(F)(F)F. The van der Waals surface area contributed by atoms with Crippen molar-refractivity contribution in [3.05, 3.63) is 29.8 Å². The maximum atomic E-state index is 12.1. The van der Waals surface area contributed by atoms with E-state index in [-0.39, 0.29) is 6.42 Å². The first kappa shape index (κ1) is 17.8. The normalized spacial score (nSPS) is 14.0. The lowest BCUT2D eigenvalue weighted by Gasteiger charge is -2.16. The van der Waals surface area contributed by atoms with Gasteiger partial charge >= 0.3 is 18.1 Å². The second-order valence-electron chi connectivity index (χ2n) is 4.82. The van der Waals surface area contributed by atoms with Gasteiger partial charge in [-0.25, -0.2) is 4.79 Å². The fourth-order valence-electron chi connectivity index (χ4n) is 1.67. The number of hydrogen-bond acceptors (Lipinski definition) is 3. The molecule has 0 aliphatic rings. The molecule has 0 aliphatic carbocycles. The molecule has 0 fully saturated rings. The number of amides is 1. The van der Waals surface area contributed by atoms with E-state index in [9.17, 15) is 22.8 Å². The quantitative estimate of drug-likeness (QED) is 0.842. The summed E-state index contributed by atoms with van der Waals surface area (Å²) in [5.41, 5.74) is 0.685. The van der Waals surface area contributed by atoms with E-state index in [1.807, 2.05) is 5.32 Å². The van der Waals surface area contributed by atoms with Crippen molar-refractivity contribution in [2.45, 2.75) is 38.6 Å². The van der Waals surface area contributed by atoms with Crippen molar-refractivity contribution in [2.24, 2.45) is 0 Å². The largest absolute Gasteiger partial charge is 0.479 e. The minimum absolute atomic E-state index is 0.205. The summed E-state index contributed by atoms with van der Waals surface area (Å²) in [6.45, 7) is 2.84. The van der Waals surface area contributed by atoms with Gasteiger partial charge < -0.3 is 15.2 Å². The second-order valence-corrected chi connectivity index (χ2v) is 4.82. The number of benzene rings is 1. The summed E-state index contributed by atoms with van der Waals surface area (Å²) in [6.07, 6.45) is -5.70. The van der Waals surface area contributed by atoms with E-state index in [1.54, 1.807) is 12.1 Å². The first-order valence-corrected chi connectivity index (χ1v) is 6.45. The summed E-state index contributed by atoms with van der Waals surface area (Å²) in [4.78, 5) is 21.4. The molecular weight excluding hydrogens is 303 g/mol. The predicted octanol–water partition coefficient (Wildman–Crippen LogP) is 2.15. The zero-order valence-electron chi connectivity index (χ0n) is 12.0. The van der Waals surface area contributed by atoms with Crippen LogP contribution in [0.2, 0.25) is 0 Å². The van der Waals surface area contributed by atoms with Gasteiger partial charge in [-0.2, -0.15) is 13.2 Å². The Bertz CT molecular complexity index is 528. The molecule has 1 amide bonds. The fourth-order valence-corrected chi connectivity index (χ4v) is 1.67. The monoisotopic (exact) mass is 319 g/mol. The van der Waals surface area contributed by atoms with E-state index < -0.39 is 30.2 Å². The van der Waals surface area contributed by atoms with Crippen molar-refractivity contribution in [3.8, 4) is 5.75 Å². The highest BCUT2D eigenvalue weighted by Gasteiger charge is 2.39. The van der Waals surface area contributed by atoms with Crippen LogP contribution in [-0.4, -0.2) is 35.3 Å². The summed E-state index contributed by atoms with van der Waals surface area (Å²) in [5, 5.41) is 10.6. The van der Waals surface area contributed by atoms with Crippen LogP contribution in [0.3, 0.4) is 0 Å². The van der Waals surface area contributed by atoms with E-state index >= 15 is 0 Å². The van der Waals surface area contributed by atoms with Crippen LogP contribution in [0.15, 0.2) is 24.3 Å². The Hall–Kier alpha value is -2.25. The number of nitrogens with one attached hydrogen (secondary N) is 1. The summed E-state index contributed by atoms with van der Waals surface area (Å²) in [6, 6.07) is 5.54. The highest BCUT2D eigenvalue weighted by molar-refractivity contribution is 5.81. The fraction of sp³-hybridized carbons (Fsp3) is 0.429. The molecule has 0 saturated carbocycles. The minimum atomic E-state index is -4.90. The summed E-state index contributed by atoms with van der Waals surface area (Å²) >= 11 is 0. The lowest BCUT2D eigenvalue weighted by molar-refractivity contribution is -0.174. The zero-order chi connectivity index (χ0) is 16.9. The van der Waals surface area contributed by atoms with Gasteiger partial charge in [0.15, 0.2) is 6.10 Å². The van der Waals surface area contributed by atoms with Crippen molar-refractivity contribution < 1.29 is 32.6 Å². The molecule has 1 rings (SSSR count). The first-order chi connectivity index (χ1) is 10.1. The van der Waals surface area contributed by atoms with Gasteiger partial charge in [-0.15, -0.1) is 0 Å². The Balaban J connectivity index is 2.57. The van der Waals surface area contributed by atoms with Crippen LogP contribution >= 0.6 is 0 Å². The molecule has 0 saturated heterocycles. The van der Waals surface area contributed by atoms with Crippen LogP contribution in [0.1, 0.15) is 19.4 Å². The lowest BCUT2D eigenvalue weighted by Crippen LogP contribution is -2.42. The van der Waals surface area contributed by atoms with Crippen molar-refractivity contribution in [2.75, 3.05) is 0 Å². The van der Waals surface area contributed by atoms with E-state index in [0.29, 0.717) is 11.3 Å². The van der Waals surface area contributed by atoms with Gasteiger partial charge in [0.05, 0.1) is 0 Å². The molecule has 0 bridgehead atoms. The number of carboxylic acid groups (broad SMARTS) is 1. The van der Waals surface area contributed by atoms with Crippen molar-refractivity contribution >= 4 is 11.9 Å². The molecule has 5 nitrogen and oxygen atoms in total. The highest BCUT2D eigenvalue weighted by Crippen LogP contribution is 2.17. The van der Waals surface area contributed by atoms with Gasteiger partial charge in [0.2, 0.25) is 0 Å². The molecular formula is C14H16F3NO4. The van der Waals surface area contributed by atoms with Crippen LogP contribution in [0.4, 0.5) is 13.2 Å². The number of halogens is 3. The van der Waals surface area contributed by atoms with Crippen LogP contribution in [-0.2, 0) is 16.0 Å². The number of alkyl halides is 3. The number of carboxylic acids is 1. The molecule has 1 unspecified atom stereocenters. The van der Waals surface area contributed by atoms with E-state index in [4.69, 9.17) is 9.84 Å². The molecule has 1 aromatic carbocycles. The first-order valence-electron chi connectivity index (χ1n) is 6.45. The number of carbonyl (C=O) groups is 2. The van der Waals surface area contributed by atoms with Crippen LogP contribution in [0, 0.1) is 0 Å². The third-order valence-electron chi connectivity index (χ3n) is 2.76. The molecule has 0 aromatic heterocycles. The van der Waals surface area contributed by atoms with Gasteiger partial charge in [-0.1, -0.05) is 12.1 Å². The zero-order valence-corrected chi connectivity index (χ0v) is 12.0. The number of hydrogen-bond donors (Lipinski definition) is 2. The molecule has 122 valence electrons. The molecule has 0 spiro atoms. The molecule has 22 heavy (non-hydrogen) atoms. The van der Waals surface area contributed by atoms with E-state index in [1.165, 1.54) is 26.0 Å². The Kier molecular flexibility index (Phi) is 5.78. The molecule has 8 heteroatoms. The smallest absolute Gasteiger partial charge is 0.471 e.